The molecule has 2 nitrogen and oxygen atoms in total. The van der Waals surface area contributed by atoms with Gasteiger partial charge in [-0.25, -0.2) is 0 Å². The average Bonchev–Trinajstić information content (AvgIpc) is 2.51. The molecule has 1 atom stereocenters. The maximum Gasteiger partial charge on any atom is 0.171 e. The summed E-state index contributed by atoms with van der Waals surface area (Å²) in [5, 5.41) is 11.7. The summed E-state index contributed by atoms with van der Waals surface area (Å²) in [6.45, 7) is 15.3. The second kappa shape index (κ2) is 7.44. The van der Waals surface area contributed by atoms with Crippen LogP contribution in [0.1, 0.15) is 48.6 Å². The molecule has 0 saturated carbocycles. The lowest BCUT2D eigenvalue weighted by Gasteiger charge is -2.33. The molecule has 0 aliphatic heterocycles. The van der Waals surface area contributed by atoms with E-state index < -0.39 is 14.6 Å². The molecular weight excluding hydrogens is 324 g/mol. The predicted octanol–water partition coefficient (Wildman–Crippen LogP) is 4.84. The van der Waals surface area contributed by atoms with Gasteiger partial charge in [-0.2, -0.15) is 0 Å². The number of hydrogen-bond acceptors (Lipinski definition) is 2. The molecular formula is C22H32O2Si. The van der Waals surface area contributed by atoms with E-state index in [-0.39, 0.29) is 5.41 Å². The Balaban J connectivity index is 2.56. The van der Waals surface area contributed by atoms with Crippen molar-refractivity contribution in [1.29, 1.82) is 0 Å². The molecule has 0 bridgehead atoms. The zero-order chi connectivity index (χ0) is 18.8. The fourth-order valence-electron chi connectivity index (χ4n) is 3.10. The molecule has 0 aliphatic rings. The average molecular weight is 357 g/mol. The van der Waals surface area contributed by atoms with Crippen molar-refractivity contribution in [2.75, 3.05) is 6.61 Å². The van der Waals surface area contributed by atoms with Gasteiger partial charge in [0.15, 0.2) is 9.04 Å². The molecule has 3 heteroatoms. The van der Waals surface area contributed by atoms with Crippen LogP contribution in [0.15, 0.2) is 42.5 Å². The van der Waals surface area contributed by atoms with E-state index in [1.807, 2.05) is 12.1 Å². The second-order valence-corrected chi connectivity index (χ2v) is 10.8. The van der Waals surface area contributed by atoms with Crippen molar-refractivity contribution in [2.45, 2.75) is 58.7 Å². The second-order valence-electron chi connectivity index (χ2n) is 8.37. The van der Waals surface area contributed by atoms with Gasteiger partial charge >= 0.3 is 0 Å². The molecule has 0 heterocycles. The third-order valence-electron chi connectivity index (χ3n) is 4.66. The van der Waals surface area contributed by atoms with Crippen LogP contribution < -0.4 is 0 Å². The highest BCUT2D eigenvalue weighted by Gasteiger charge is 2.34. The number of aliphatic hydroxyl groups is 1. The lowest BCUT2D eigenvalue weighted by atomic mass is 9.80. The van der Waals surface area contributed by atoms with Gasteiger partial charge in [0.25, 0.3) is 0 Å². The molecule has 1 unspecified atom stereocenters. The highest BCUT2D eigenvalue weighted by molar-refractivity contribution is 6.48. The number of hydrogen-bond donors (Lipinski definition) is 1. The lowest BCUT2D eigenvalue weighted by molar-refractivity contribution is 0.0265. The topological polar surface area (TPSA) is 29.5 Å². The van der Waals surface area contributed by atoms with Crippen molar-refractivity contribution in [1.82, 2.24) is 0 Å². The summed E-state index contributed by atoms with van der Waals surface area (Å²) in [6, 6.07) is 14.5. The third-order valence-corrected chi connectivity index (χ3v) is 5.49. The minimum absolute atomic E-state index is 0.0894. The fraction of sp³-hybridized carbons (Fsp3) is 0.455. The summed E-state index contributed by atoms with van der Waals surface area (Å²) in [7, 11) is -1.24. The maximum absolute atomic E-state index is 11.7. The van der Waals surface area contributed by atoms with E-state index in [1.54, 1.807) is 0 Å². The molecule has 0 amide bonds. The van der Waals surface area contributed by atoms with Crippen molar-refractivity contribution in [3.05, 3.63) is 70.3 Å². The summed E-state index contributed by atoms with van der Waals surface area (Å²) in [5.41, 5.74) is 4.32. The van der Waals surface area contributed by atoms with Crippen LogP contribution in [0.4, 0.5) is 0 Å². The smallest absolute Gasteiger partial charge is 0.171 e. The first-order valence-electron chi connectivity index (χ1n) is 9.07. The number of aryl methyl sites for hydroxylation is 2. The Morgan fingerprint density at radius 2 is 1.64 bits per heavy atom. The van der Waals surface area contributed by atoms with Crippen molar-refractivity contribution >= 4 is 9.04 Å². The first kappa shape index (κ1) is 19.9. The van der Waals surface area contributed by atoms with Crippen LogP contribution in [0.2, 0.25) is 13.1 Å². The third kappa shape index (κ3) is 4.60. The van der Waals surface area contributed by atoms with Gasteiger partial charge in [0.1, 0.15) is 5.60 Å². The Kier molecular flexibility index (Phi) is 5.92. The predicted molar refractivity (Wildman–Crippen MR) is 109 cm³/mol. The molecule has 0 saturated heterocycles. The SMILES string of the molecule is Cc1cccc(C(O)(CO[SiH](C)C)c2ccc(C(C)(C)C)cc2C)c1. The number of rotatable bonds is 5. The zero-order valence-electron chi connectivity index (χ0n) is 16.7. The summed E-state index contributed by atoms with van der Waals surface area (Å²) in [4.78, 5) is 0. The molecule has 0 fully saturated rings. The van der Waals surface area contributed by atoms with Gasteiger partial charge < -0.3 is 9.53 Å². The summed E-state index contributed by atoms with van der Waals surface area (Å²) < 4.78 is 6.00. The van der Waals surface area contributed by atoms with E-state index in [2.05, 4.69) is 78.0 Å². The van der Waals surface area contributed by atoms with E-state index in [0.29, 0.717) is 6.61 Å². The quantitative estimate of drug-likeness (QED) is 0.777. The summed E-state index contributed by atoms with van der Waals surface area (Å²) in [6.07, 6.45) is 0. The summed E-state index contributed by atoms with van der Waals surface area (Å²) >= 11 is 0. The van der Waals surface area contributed by atoms with Gasteiger partial charge in [-0.05, 0) is 54.6 Å². The van der Waals surface area contributed by atoms with E-state index in [1.165, 1.54) is 5.56 Å². The van der Waals surface area contributed by atoms with Crippen LogP contribution in [-0.4, -0.2) is 20.8 Å². The molecule has 0 radical (unpaired) electrons. The molecule has 136 valence electrons. The molecule has 2 aromatic rings. The van der Waals surface area contributed by atoms with Gasteiger partial charge in [0, 0.05) is 0 Å². The Labute approximate surface area is 154 Å². The van der Waals surface area contributed by atoms with Crippen LogP contribution in [0, 0.1) is 13.8 Å². The zero-order valence-corrected chi connectivity index (χ0v) is 17.8. The van der Waals surface area contributed by atoms with Gasteiger partial charge in [-0.3, -0.25) is 0 Å². The molecule has 1 N–H and O–H groups in total. The molecule has 0 aliphatic carbocycles. The Bertz CT molecular complexity index is 731. The normalized spacial score (nSPS) is 14.6. The monoisotopic (exact) mass is 356 g/mol. The van der Waals surface area contributed by atoms with Crippen molar-refractivity contribution in [3.63, 3.8) is 0 Å². The Morgan fingerprint density at radius 1 is 0.960 bits per heavy atom. The largest absolute Gasteiger partial charge is 0.417 e. The molecule has 2 aromatic carbocycles. The van der Waals surface area contributed by atoms with Crippen LogP contribution in [0.3, 0.4) is 0 Å². The van der Waals surface area contributed by atoms with E-state index >= 15 is 0 Å². The van der Waals surface area contributed by atoms with Crippen molar-refractivity contribution in [2.24, 2.45) is 0 Å². The molecule has 0 spiro atoms. The minimum Gasteiger partial charge on any atom is -0.417 e. The summed E-state index contributed by atoms with van der Waals surface area (Å²) in [5.74, 6) is 0. The minimum atomic E-state index is -1.24. The van der Waals surface area contributed by atoms with Crippen molar-refractivity contribution in [3.8, 4) is 0 Å². The van der Waals surface area contributed by atoms with Crippen LogP contribution in [0.5, 0.6) is 0 Å². The Hall–Kier alpha value is -1.42. The van der Waals surface area contributed by atoms with Gasteiger partial charge in [-0.15, -0.1) is 0 Å². The maximum atomic E-state index is 11.7. The van der Waals surface area contributed by atoms with Crippen molar-refractivity contribution < 1.29 is 9.53 Å². The Morgan fingerprint density at radius 3 is 2.16 bits per heavy atom. The highest BCUT2D eigenvalue weighted by atomic mass is 28.3. The standard InChI is InChI=1S/C22H32O2Si/c1-16-9-8-10-19(13-16)22(23,15-24-25(6)7)20-12-11-18(14-17(20)2)21(3,4)5/h8-14,23,25H,15H2,1-7H3. The van der Waals surface area contributed by atoms with Crippen LogP contribution in [0.25, 0.3) is 0 Å². The van der Waals surface area contributed by atoms with E-state index in [9.17, 15) is 5.11 Å². The molecule has 2 rings (SSSR count). The first-order valence-corrected chi connectivity index (χ1v) is 11.8. The molecule has 0 aromatic heterocycles. The highest BCUT2D eigenvalue weighted by Crippen LogP contribution is 2.35. The number of benzene rings is 2. The van der Waals surface area contributed by atoms with Crippen LogP contribution >= 0.6 is 0 Å². The van der Waals surface area contributed by atoms with Crippen LogP contribution in [-0.2, 0) is 15.4 Å². The van der Waals surface area contributed by atoms with E-state index in [4.69, 9.17) is 4.43 Å². The molecule has 25 heavy (non-hydrogen) atoms. The lowest BCUT2D eigenvalue weighted by Crippen LogP contribution is -2.36. The van der Waals surface area contributed by atoms with Gasteiger partial charge in [0.05, 0.1) is 6.61 Å². The first-order chi connectivity index (χ1) is 11.5. The van der Waals surface area contributed by atoms with Gasteiger partial charge in [-0.1, -0.05) is 68.8 Å². The van der Waals surface area contributed by atoms with Gasteiger partial charge in [0.2, 0.25) is 0 Å². The fourth-order valence-corrected chi connectivity index (χ4v) is 3.67. The van der Waals surface area contributed by atoms with E-state index in [0.717, 1.165) is 22.3 Å².